The first-order valence-corrected chi connectivity index (χ1v) is 6.18. The molecule has 1 heterocycles. The molecule has 1 atom stereocenters. The minimum Gasteiger partial charge on any atom is -0.330 e. The number of pyridine rings is 1. The first-order valence-electron chi connectivity index (χ1n) is 6.18. The van der Waals surface area contributed by atoms with Gasteiger partial charge in [0.25, 0.3) is 0 Å². The molecule has 0 saturated heterocycles. The van der Waals surface area contributed by atoms with Gasteiger partial charge in [-0.1, -0.05) is 13.0 Å². The predicted molar refractivity (Wildman–Crippen MR) is 69.6 cm³/mol. The van der Waals surface area contributed by atoms with Gasteiger partial charge < -0.3 is 5.73 Å². The molecule has 1 rings (SSSR count). The largest absolute Gasteiger partial charge is 0.330 e. The number of aryl methyl sites for hydroxylation is 4. The van der Waals surface area contributed by atoms with Crippen molar-refractivity contribution in [2.45, 2.75) is 47.0 Å². The number of nitrogens with two attached hydrogens (primary N) is 1. The summed E-state index contributed by atoms with van der Waals surface area (Å²) in [4.78, 5) is 4.57. The summed E-state index contributed by atoms with van der Waals surface area (Å²) in [7, 11) is 0. The molecule has 0 bridgehead atoms. The van der Waals surface area contributed by atoms with Crippen LogP contribution in [-0.2, 0) is 6.42 Å². The molecule has 2 N–H and O–H groups in total. The van der Waals surface area contributed by atoms with E-state index in [1.54, 1.807) is 0 Å². The number of nitrogens with zero attached hydrogens (tertiary/aromatic N) is 1. The van der Waals surface area contributed by atoms with Gasteiger partial charge in [-0.2, -0.15) is 0 Å². The Balaban J connectivity index is 2.63. The van der Waals surface area contributed by atoms with Crippen molar-refractivity contribution in [2.75, 3.05) is 6.54 Å². The molecule has 0 aliphatic rings. The molecular formula is C14H24N2. The van der Waals surface area contributed by atoms with Crippen LogP contribution in [0.15, 0.2) is 6.07 Å². The smallest absolute Gasteiger partial charge is 0.0408 e. The third-order valence-electron chi connectivity index (χ3n) is 3.33. The van der Waals surface area contributed by atoms with Crippen LogP contribution in [0, 0.1) is 26.7 Å². The fourth-order valence-electron chi connectivity index (χ4n) is 1.97. The van der Waals surface area contributed by atoms with Crippen LogP contribution < -0.4 is 5.73 Å². The Labute approximate surface area is 99.3 Å². The van der Waals surface area contributed by atoms with Crippen molar-refractivity contribution in [2.24, 2.45) is 11.7 Å². The van der Waals surface area contributed by atoms with Gasteiger partial charge in [-0.25, -0.2) is 0 Å². The van der Waals surface area contributed by atoms with Crippen molar-refractivity contribution >= 4 is 0 Å². The number of rotatable bonds is 5. The summed E-state index contributed by atoms with van der Waals surface area (Å²) in [5, 5.41) is 0. The average molecular weight is 220 g/mol. The summed E-state index contributed by atoms with van der Waals surface area (Å²) in [5.74, 6) is 0.714. The minimum absolute atomic E-state index is 0.714. The van der Waals surface area contributed by atoms with Gasteiger partial charge in [0.15, 0.2) is 0 Å². The van der Waals surface area contributed by atoms with E-state index in [-0.39, 0.29) is 0 Å². The van der Waals surface area contributed by atoms with Crippen molar-refractivity contribution in [3.05, 3.63) is 28.6 Å². The molecule has 90 valence electrons. The summed E-state index contributed by atoms with van der Waals surface area (Å²) < 4.78 is 0. The van der Waals surface area contributed by atoms with Gasteiger partial charge in [-0.05, 0) is 63.6 Å². The van der Waals surface area contributed by atoms with Crippen LogP contribution in [0.3, 0.4) is 0 Å². The molecule has 0 aliphatic heterocycles. The van der Waals surface area contributed by atoms with E-state index in [0.717, 1.165) is 25.1 Å². The molecule has 1 unspecified atom stereocenters. The Hall–Kier alpha value is -0.890. The van der Waals surface area contributed by atoms with Gasteiger partial charge in [0.1, 0.15) is 0 Å². The second-order valence-corrected chi connectivity index (χ2v) is 4.86. The zero-order valence-corrected chi connectivity index (χ0v) is 11.0. The zero-order valence-electron chi connectivity index (χ0n) is 11.0. The van der Waals surface area contributed by atoms with Gasteiger partial charge in [0.05, 0.1) is 0 Å². The Morgan fingerprint density at radius 3 is 2.50 bits per heavy atom. The summed E-state index contributed by atoms with van der Waals surface area (Å²) >= 11 is 0. The maximum absolute atomic E-state index is 5.56. The van der Waals surface area contributed by atoms with Crippen molar-refractivity contribution in [3.63, 3.8) is 0 Å². The fourth-order valence-corrected chi connectivity index (χ4v) is 1.97. The molecule has 0 radical (unpaired) electrons. The Morgan fingerprint density at radius 1 is 1.19 bits per heavy atom. The molecule has 1 aromatic heterocycles. The van der Waals surface area contributed by atoms with E-state index in [1.807, 2.05) is 0 Å². The fraction of sp³-hybridized carbons (Fsp3) is 0.643. The van der Waals surface area contributed by atoms with Gasteiger partial charge in [0, 0.05) is 11.4 Å². The van der Waals surface area contributed by atoms with E-state index in [1.165, 1.54) is 23.2 Å². The summed E-state index contributed by atoms with van der Waals surface area (Å²) in [5.41, 5.74) is 10.6. The van der Waals surface area contributed by atoms with Crippen LogP contribution in [0.1, 0.15) is 42.3 Å². The highest BCUT2D eigenvalue weighted by molar-refractivity contribution is 5.28. The average Bonchev–Trinajstić information content (AvgIpc) is 2.22. The molecule has 0 spiro atoms. The van der Waals surface area contributed by atoms with Crippen molar-refractivity contribution in [1.29, 1.82) is 0 Å². The minimum atomic E-state index is 0.714. The lowest BCUT2D eigenvalue weighted by Crippen LogP contribution is -2.07. The van der Waals surface area contributed by atoms with Crippen molar-refractivity contribution in [3.8, 4) is 0 Å². The third kappa shape index (κ3) is 3.60. The Kier molecular flexibility index (Phi) is 4.94. The van der Waals surface area contributed by atoms with E-state index < -0.39 is 0 Å². The maximum atomic E-state index is 5.56. The highest BCUT2D eigenvalue weighted by atomic mass is 14.7. The summed E-state index contributed by atoms with van der Waals surface area (Å²) in [6.07, 6.45) is 3.46. The standard InChI is InChI=1S/C14H24N2/c1-10(7-8-15)5-6-14-9-11(2)12(3)16-13(14)4/h9-10H,5-8,15H2,1-4H3. The molecule has 0 aromatic carbocycles. The van der Waals surface area contributed by atoms with Gasteiger partial charge in [-0.15, -0.1) is 0 Å². The van der Waals surface area contributed by atoms with Crippen LogP contribution in [0.2, 0.25) is 0 Å². The van der Waals surface area contributed by atoms with Gasteiger partial charge >= 0.3 is 0 Å². The molecule has 0 saturated carbocycles. The van der Waals surface area contributed by atoms with E-state index in [2.05, 4.69) is 38.7 Å². The molecule has 2 nitrogen and oxygen atoms in total. The lowest BCUT2D eigenvalue weighted by molar-refractivity contribution is 0.498. The second kappa shape index (κ2) is 6.00. The zero-order chi connectivity index (χ0) is 12.1. The molecule has 2 heteroatoms. The highest BCUT2D eigenvalue weighted by Crippen LogP contribution is 2.16. The van der Waals surface area contributed by atoms with Gasteiger partial charge in [-0.3, -0.25) is 4.98 Å². The van der Waals surface area contributed by atoms with Crippen molar-refractivity contribution in [1.82, 2.24) is 4.98 Å². The van der Waals surface area contributed by atoms with Crippen LogP contribution in [0.25, 0.3) is 0 Å². The Morgan fingerprint density at radius 2 is 1.88 bits per heavy atom. The van der Waals surface area contributed by atoms with E-state index in [0.29, 0.717) is 5.92 Å². The highest BCUT2D eigenvalue weighted by Gasteiger charge is 2.06. The predicted octanol–water partition coefficient (Wildman–Crippen LogP) is 2.92. The first kappa shape index (κ1) is 13.2. The molecular weight excluding hydrogens is 196 g/mol. The van der Waals surface area contributed by atoms with Gasteiger partial charge in [0.2, 0.25) is 0 Å². The Bertz CT molecular complexity index is 345. The number of hydrogen-bond acceptors (Lipinski definition) is 2. The van der Waals surface area contributed by atoms with Crippen LogP contribution in [0.4, 0.5) is 0 Å². The monoisotopic (exact) mass is 220 g/mol. The second-order valence-electron chi connectivity index (χ2n) is 4.86. The van der Waals surface area contributed by atoms with E-state index in [9.17, 15) is 0 Å². The maximum Gasteiger partial charge on any atom is 0.0408 e. The van der Waals surface area contributed by atoms with Crippen LogP contribution in [0.5, 0.6) is 0 Å². The molecule has 0 aliphatic carbocycles. The summed E-state index contributed by atoms with van der Waals surface area (Å²) in [6.45, 7) is 9.38. The SMILES string of the molecule is Cc1cc(CCC(C)CCN)c(C)nc1C. The first-order chi connectivity index (χ1) is 7.54. The normalized spacial score (nSPS) is 12.8. The van der Waals surface area contributed by atoms with E-state index in [4.69, 9.17) is 5.73 Å². The van der Waals surface area contributed by atoms with E-state index >= 15 is 0 Å². The molecule has 16 heavy (non-hydrogen) atoms. The van der Waals surface area contributed by atoms with Crippen molar-refractivity contribution < 1.29 is 0 Å². The quantitative estimate of drug-likeness (QED) is 0.828. The molecule has 0 amide bonds. The van der Waals surface area contributed by atoms with Crippen LogP contribution >= 0.6 is 0 Å². The topological polar surface area (TPSA) is 38.9 Å². The number of hydrogen-bond donors (Lipinski definition) is 1. The number of aromatic nitrogens is 1. The lowest BCUT2D eigenvalue weighted by atomic mass is 9.97. The van der Waals surface area contributed by atoms with Crippen LogP contribution in [-0.4, -0.2) is 11.5 Å². The third-order valence-corrected chi connectivity index (χ3v) is 3.33. The molecule has 0 fully saturated rings. The summed E-state index contributed by atoms with van der Waals surface area (Å²) in [6, 6.07) is 2.28. The lowest BCUT2D eigenvalue weighted by Gasteiger charge is -2.12. The molecule has 1 aromatic rings.